The van der Waals surface area contributed by atoms with Crippen LogP contribution in [-0.4, -0.2) is 16.1 Å². The molecular formula is C12H6F2N2O2S2. The van der Waals surface area contributed by atoms with Gasteiger partial charge in [-0.3, -0.25) is 4.79 Å². The van der Waals surface area contributed by atoms with Crippen molar-refractivity contribution in [2.75, 3.05) is 0 Å². The van der Waals surface area contributed by atoms with Gasteiger partial charge in [0.1, 0.15) is 11.6 Å². The molecule has 1 aromatic carbocycles. The lowest BCUT2D eigenvalue weighted by atomic mass is 10.2. The van der Waals surface area contributed by atoms with Gasteiger partial charge in [-0.1, -0.05) is 11.8 Å². The third-order valence-electron chi connectivity index (χ3n) is 2.18. The number of nitriles is 1. The molecule has 0 amide bonds. The highest BCUT2D eigenvalue weighted by molar-refractivity contribution is 8.01. The van der Waals surface area contributed by atoms with Crippen LogP contribution >= 0.6 is 23.1 Å². The molecule has 0 spiro atoms. The van der Waals surface area contributed by atoms with Crippen molar-refractivity contribution in [3.63, 3.8) is 0 Å². The minimum absolute atomic E-state index is 0.102. The van der Waals surface area contributed by atoms with Gasteiger partial charge in [0.15, 0.2) is 4.34 Å². The third kappa shape index (κ3) is 3.31. The number of halogens is 2. The molecule has 4 nitrogen and oxygen atoms in total. The molecule has 1 N–H and O–H groups in total. The second-order valence-electron chi connectivity index (χ2n) is 3.66. The number of aromatic nitrogens is 1. The molecule has 8 heteroatoms. The van der Waals surface area contributed by atoms with E-state index in [-0.39, 0.29) is 16.9 Å². The fraction of sp³-hybridized carbons (Fsp3) is 0.0833. The van der Waals surface area contributed by atoms with Crippen LogP contribution in [0.5, 0.6) is 0 Å². The van der Waals surface area contributed by atoms with Crippen molar-refractivity contribution in [3.05, 3.63) is 40.4 Å². The van der Waals surface area contributed by atoms with E-state index < -0.39 is 17.6 Å². The number of hydrogen-bond acceptors (Lipinski definition) is 5. The van der Waals surface area contributed by atoms with Crippen LogP contribution in [0.1, 0.15) is 11.3 Å². The van der Waals surface area contributed by atoms with Crippen molar-refractivity contribution in [3.8, 4) is 6.07 Å². The molecule has 0 unspecified atom stereocenters. The zero-order chi connectivity index (χ0) is 14.7. The normalized spacial score (nSPS) is 10.2. The maximum Gasteiger partial charge on any atom is 0.309 e. The summed E-state index contributed by atoms with van der Waals surface area (Å²) in [5, 5.41) is 18.7. The Morgan fingerprint density at radius 3 is 2.65 bits per heavy atom. The Bertz CT molecular complexity index is 687. The minimum atomic E-state index is -1.03. The average molecular weight is 312 g/mol. The highest BCUT2D eigenvalue weighted by Gasteiger charge is 2.15. The first-order valence-electron chi connectivity index (χ1n) is 5.23. The van der Waals surface area contributed by atoms with Crippen LogP contribution in [0.15, 0.2) is 26.7 Å². The fourth-order valence-corrected chi connectivity index (χ4v) is 3.16. The van der Waals surface area contributed by atoms with Crippen molar-refractivity contribution in [2.24, 2.45) is 0 Å². The van der Waals surface area contributed by atoms with Crippen molar-refractivity contribution >= 4 is 29.1 Å². The molecule has 0 radical (unpaired) electrons. The Labute approximate surface area is 120 Å². The zero-order valence-electron chi connectivity index (χ0n) is 9.76. The molecular weight excluding hydrogens is 306 g/mol. The third-order valence-corrected chi connectivity index (χ3v) is 4.26. The molecule has 0 bridgehead atoms. The van der Waals surface area contributed by atoms with Gasteiger partial charge in [-0.25, -0.2) is 13.8 Å². The average Bonchev–Trinajstić information content (AvgIpc) is 2.80. The maximum absolute atomic E-state index is 13.7. The van der Waals surface area contributed by atoms with Crippen LogP contribution in [0.4, 0.5) is 8.78 Å². The summed E-state index contributed by atoms with van der Waals surface area (Å²) in [7, 11) is 0. The lowest BCUT2D eigenvalue weighted by Gasteiger charge is -2.02. The predicted octanol–water partition coefficient (Wildman–Crippen LogP) is 3.07. The predicted molar refractivity (Wildman–Crippen MR) is 68.6 cm³/mol. The van der Waals surface area contributed by atoms with Gasteiger partial charge in [0, 0.05) is 5.38 Å². The lowest BCUT2D eigenvalue weighted by Crippen LogP contribution is -1.99. The van der Waals surface area contributed by atoms with Crippen molar-refractivity contribution < 1.29 is 18.7 Å². The molecule has 0 fully saturated rings. The van der Waals surface area contributed by atoms with Gasteiger partial charge in [0.05, 0.1) is 28.6 Å². The topological polar surface area (TPSA) is 74.0 Å². The summed E-state index contributed by atoms with van der Waals surface area (Å²) in [6.07, 6.45) is -0.241. The van der Waals surface area contributed by atoms with Crippen LogP contribution in [0.25, 0.3) is 0 Å². The smallest absolute Gasteiger partial charge is 0.309 e. The molecule has 2 aromatic rings. The summed E-state index contributed by atoms with van der Waals surface area (Å²) in [6.45, 7) is 0. The second-order valence-corrected chi connectivity index (χ2v) is 5.77. The van der Waals surface area contributed by atoms with E-state index in [2.05, 4.69) is 4.98 Å². The molecule has 102 valence electrons. The first-order valence-corrected chi connectivity index (χ1v) is 6.92. The summed E-state index contributed by atoms with van der Waals surface area (Å²) < 4.78 is 27.7. The van der Waals surface area contributed by atoms with E-state index in [9.17, 15) is 13.6 Å². The Morgan fingerprint density at radius 2 is 2.10 bits per heavy atom. The van der Waals surface area contributed by atoms with Crippen LogP contribution in [0.2, 0.25) is 0 Å². The standard InChI is InChI=1S/C12H6F2N2O2S2/c13-8-1-6(4-15)2-9(14)11(8)20-12-16-7(5-19-12)3-10(17)18/h1-2,5H,3H2,(H,17,18). The van der Waals surface area contributed by atoms with Crippen molar-refractivity contribution in [1.29, 1.82) is 5.26 Å². The second kappa shape index (κ2) is 5.98. The van der Waals surface area contributed by atoms with Gasteiger partial charge in [-0.2, -0.15) is 5.26 Å². The summed E-state index contributed by atoms with van der Waals surface area (Å²) >= 11 is 1.87. The SMILES string of the molecule is N#Cc1cc(F)c(Sc2nc(CC(=O)O)cs2)c(F)c1. The van der Waals surface area contributed by atoms with Crippen LogP contribution in [0.3, 0.4) is 0 Å². The molecule has 0 aliphatic rings. The number of nitrogens with zero attached hydrogens (tertiary/aromatic N) is 2. The van der Waals surface area contributed by atoms with Gasteiger partial charge in [0.2, 0.25) is 0 Å². The number of hydrogen-bond donors (Lipinski definition) is 1. The van der Waals surface area contributed by atoms with E-state index in [1.54, 1.807) is 6.07 Å². The summed E-state index contributed by atoms with van der Waals surface area (Å²) in [5.74, 6) is -2.72. The zero-order valence-corrected chi connectivity index (χ0v) is 11.4. The van der Waals surface area contributed by atoms with E-state index in [4.69, 9.17) is 10.4 Å². The highest BCUT2D eigenvalue weighted by atomic mass is 32.2. The molecule has 0 aliphatic heterocycles. The van der Waals surface area contributed by atoms with Gasteiger partial charge in [-0.15, -0.1) is 11.3 Å². The van der Waals surface area contributed by atoms with Crippen molar-refractivity contribution in [2.45, 2.75) is 15.7 Å². The molecule has 1 heterocycles. The Hall–Kier alpha value is -1.98. The molecule has 0 aliphatic carbocycles. The van der Waals surface area contributed by atoms with Gasteiger partial charge in [-0.05, 0) is 12.1 Å². The maximum atomic E-state index is 13.7. The molecule has 1 aromatic heterocycles. The van der Waals surface area contributed by atoms with E-state index in [1.165, 1.54) is 5.38 Å². The Morgan fingerprint density at radius 1 is 1.45 bits per heavy atom. The summed E-state index contributed by atoms with van der Waals surface area (Å²) in [4.78, 5) is 14.2. The largest absolute Gasteiger partial charge is 0.481 e. The monoisotopic (exact) mass is 312 g/mol. The Kier molecular flexibility index (Phi) is 4.32. The quantitative estimate of drug-likeness (QED) is 0.939. The number of carboxylic acid groups (broad SMARTS) is 1. The van der Waals surface area contributed by atoms with Gasteiger partial charge in [0.25, 0.3) is 0 Å². The van der Waals surface area contributed by atoms with Crippen LogP contribution in [0, 0.1) is 23.0 Å². The number of benzene rings is 1. The van der Waals surface area contributed by atoms with Crippen LogP contribution in [-0.2, 0) is 11.2 Å². The fourth-order valence-electron chi connectivity index (χ4n) is 1.38. The molecule has 0 saturated carbocycles. The van der Waals surface area contributed by atoms with E-state index in [0.29, 0.717) is 10.0 Å². The van der Waals surface area contributed by atoms with E-state index >= 15 is 0 Å². The Balaban J connectivity index is 2.24. The summed E-state index contributed by atoms with van der Waals surface area (Å²) in [6, 6.07) is 3.54. The molecule has 0 saturated heterocycles. The number of thiazole rings is 1. The lowest BCUT2D eigenvalue weighted by molar-refractivity contribution is -0.136. The minimum Gasteiger partial charge on any atom is -0.481 e. The molecule has 2 rings (SSSR count). The summed E-state index contributed by atoms with van der Waals surface area (Å²) in [5.41, 5.74) is 0.231. The number of aliphatic carboxylic acids is 1. The molecule has 20 heavy (non-hydrogen) atoms. The molecule has 0 atom stereocenters. The van der Waals surface area contributed by atoms with Crippen LogP contribution < -0.4 is 0 Å². The number of carbonyl (C=O) groups is 1. The van der Waals surface area contributed by atoms with Gasteiger partial charge < -0.3 is 5.11 Å². The first-order chi connectivity index (χ1) is 9.49. The van der Waals surface area contributed by atoms with Gasteiger partial charge >= 0.3 is 5.97 Å². The van der Waals surface area contributed by atoms with E-state index in [0.717, 1.165) is 35.2 Å². The van der Waals surface area contributed by atoms with Crippen molar-refractivity contribution in [1.82, 2.24) is 4.98 Å². The highest BCUT2D eigenvalue weighted by Crippen LogP contribution is 2.34. The van der Waals surface area contributed by atoms with E-state index in [1.807, 2.05) is 0 Å². The number of rotatable bonds is 4. The first kappa shape index (κ1) is 14.4. The number of carboxylic acids is 1.